The van der Waals surface area contributed by atoms with Crippen molar-refractivity contribution in [3.8, 4) is 0 Å². The summed E-state index contributed by atoms with van der Waals surface area (Å²) < 4.78 is 0. The summed E-state index contributed by atoms with van der Waals surface area (Å²) in [5, 5.41) is 0. The summed E-state index contributed by atoms with van der Waals surface area (Å²) in [4.78, 5) is 40.3. The number of Topliss-reactive ketones (excluding diaryl/α,β-unsaturated/α-hetero) is 1. The van der Waals surface area contributed by atoms with Crippen molar-refractivity contribution >= 4 is 17.6 Å². The Morgan fingerprint density at radius 1 is 1.05 bits per heavy atom. The van der Waals surface area contributed by atoms with Crippen molar-refractivity contribution in [2.24, 2.45) is 17.5 Å². The van der Waals surface area contributed by atoms with Gasteiger partial charge < -0.3 is 10.6 Å². The number of carbonyl (C=O) groups is 3. The van der Waals surface area contributed by atoms with E-state index < -0.39 is 11.9 Å². The molecule has 0 aliphatic rings. The summed E-state index contributed by atoms with van der Waals surface area (Å²) in [5.41, 5.74) is 5.34. The Morgan fingerprint density at radius 2 is 1.59 bits per heavy atom. The summed E-state index contributed by atoms with van der Waals surface area (Å²) in [6, 6.07) is -0.568. The van der Waals surface area contributed by atoms with Crippen LogP contribution in [0.2, 0.25) is 0 Å². The Balaban J connectivity index is 3.94. The molecule has 2 amide bonds. The van der Waals surface area contributed by atoms with E-state index in [0.717, 1.165) is 25.7 Å². The monoisotopic (exact) mass is 315 g/mol. The molecule has 4 N–H and O–H groups in total. The highest BCUT2D eigenvalue weighted by Crippen LogP contribution is 2.12. The first-order valence-corrected chi connectivity index (χ1v) is 7.69. The summed E-state index contributed by atoms with van der Waals surface area (Å²) in [5.74, 6) is 4.23. The highest BCUT2D eigenvalue weighted by Gasteiger charge is 2.27. The maximum Gasteiger partial charge on any atom is 0.240 e. The standard InChI is InChI=1S/C15H29N3O4/c1-11(2)14(15(16)21)18(3)13(20)9-7-5-4-6-8-12(19)10-22-17/h11,14H,4-10,17H2,1-3H3,(H2,16,21)/t14-/m0/s1. The average molecular weight is 315 g/mol. The molecule has 0 aromatic rings. The molecule has 0 rings (SSSR count). The van der Waals surface area contributed by atoms with Gasteiger partial charge in [-0.1, -0.05) is 26.7 Å². The minimum Gasteiger partial charge on any atom is -0.368 e. The van der Waals surface area contributed by atoms with Crippen molar-refractivity contribution in [1.82, 2.24) is 4.90 Å². The maximum absolute atomic E-state index is 12.1. The van der Waals surface area contributed by atoms with E-state index >= 15 is 0 Å². The number of amides is 2. The van der Waals surface area contributed by atoms with Crippen LogP contribution in [0.15, 0.2) is 0 Å². The van der Waals surface area contributed by atoms with Crippen LogP contribution in [0, 0.1) is 5.92 Å². The first-order valence-electron chi connectivity index (χ1n) is 7.69. The lowest BCUT2D eigenvalue weighted by Crippen LogP contribution is -2.48. The van der Waals surface area contributed by atoms with Crippen molar-refractivity contribution in [2.45, 2.75) is 58.4 Å². The summed E-state index contributed by atoms with van der Waals surface area (Å²) in [7, 11) is 1.61. The van der Waals surface area contributed by atoms with Gasteiger partial charge in [0.2, 0.25) is 11.8 Å². The van der Waals surface area contributed by atoms with Crippen molar-refractivity contribution in [1.29, 1.82) is 0 Å². The molecule has 7 nitrogen and oxygen atoms in total. The molecule has 0 aliphatic carbocycles. The van der Waals surface area contributed by atoms with Gasteiger partial charge in [-0.3, -0.25) is 19.2 Å². The number of primary amides is 1. The second-order valence-corrected chi connectivity index (χ2v) is 5.86. The molecule has 0 unspecified atom stereocenters. The minimum absolute atomic E-state index is 0.0118. The van der Waals surface area contributed by atoms with E-state index in [2.05, 4.69) is 4.84 Å². The maximum atomic E-state index is 12.1. The molecular formula is C15H29N3O4. The van der Waals surface area contributed by atoms with Gasteiger partial charge in [-0.15, -0.1) is 0 Å². The highest BCUT2D eigenvalue weighted by molar-refractivity contribution is 5.86. The van der Waals surface area contributed by atoms with Gasteiger partial charge in [0, 0.05) is 19.9 Å². The van der Waals surface area contributed by atoms with E-state index in [-0.39, 0.29) is 24.2 Å². The molecule has 0 bridgehead atoms. The number of hydrogen-bond donors (Lipinski definition) is 2. The quantitative estimate of drug-likeness (QED) is 0.407. The molecule has 0 heterocycles. The molecular weight excluding hydrogens is 286 g/mol. The van der Waals surface area contributed by atoms with Gasteiger partial charge in [0.15, 0.2) is 5.78 Å². The smallest absolute Gasteiger partial charge is 0.240 e. The molecule has 0 saturated heterocycles. The molecule has 0 aromatic carbocycles. The van der Waals surface area contributed by atoms with E-state index in [1.165, 1.54) is 4.90 Å². The topological polar surface area (TPSA) is 116 Å². The predicted octanol–water partition coefficient (Wildman–Crippen LogP) is 0.755. The molecule has 1 atom stereocenters. The van der Waals surface area contributed by atoms with E-state index in [9.17, 15) is 14.4 Å². The van der Waals surface area contributed by atoms with Gasteiger partial charge in [-0.2, -0.15) is 0 Å². The van der Waals surface area contributed by atoms with Gasteiger partial charge in [0.25, 0.3) is 0 Å². The Labute approximate surface area is 132 Å². The van der Waals surface area contributed by atoms with Crippen LogP contribution >= 0.6 is 0 Å². The van der Waals surface area contributed by atoms with Crippen molar-refractivity contribution in [2.75, 3.05) is 13.7 Å². The average Bonchev–Trinajstić information content (AvgIpc) is 2.41. The number of carbonyl (C=O) groups excluding carboxylic acids is 3. The first kappa shape index (κ1) is 20.5. The number of nitrogens with zero attached hydrogens (tertiary/aromatic N) is 1. The Bertz CT molecular complexity index is 372. The number of ketones is 1. The molecule has 0 saturated carbocycles. The molecule has 0 spiro atoms. The van der Waals surface area contributed by atoms with Gasteiger partial charge in [-0.05, 0) is 18.8 Å². The van der Waals surface area contributed by atoms with E-state index in [1.807, 2.05) is 13.8 Å². The second kappa shape index (κ2) is 11.1. The fraction of sp³-hybridized carbons (Fsp3) is 0.800. The highest BCUT2D eigenvalue weighted by atomic mass is 16.6. The van der Waals surface area contributed by atoms with Crippen LogP contribution in [-0.4, -0.2) is 42.2 Å². The molecule has 0 aliphatic heterocycles. The lowest BCUT2D eigenvalue weighted by molar-refractivity contribution is -0.139. The Morgan fingerprint density at radius 3 is 2.05 bits per heavy atom. The van der Waals surface area contributed by atoms with Crippen molar-refractivity contribution in [3.63, 3.8) is 0 Å². The Kier molecular flexibility index (Phi) is 10.4. The number of rotatable bonds is 12. The molecule has 128 valence electrons. The third-order valence-electron chi connectivity index (χ3n) is 3.57. The number of hydrogen-bond acceptors (Lipinski definition) is 5. The lowest BCUT2D eigenvalue weighted by Gasteiger charge is -2.28. The predicted molar refractivity (Wildman–Crippen MR) is 83.4 cm³/mol. The third-order valence-corrected chi connectivity index (χ3v) is 3.57. The second-order valence-electron chi connectivity index (χ2n) is 5.86. The van der Waals surface area contributed by atoms with Crippen LogP contribution < -0.4 is 11.6 Å². The minimum atomic E-state index is -0.568. The third kappa shape index (κ3) is 8.09. The zero-order valence-corrected chi connectivity index (χ0v) is 13.8. The lowest BCUT2D eigenvalue weighted by atomic mass is 10.0. The molecule has 7 heteroatoms. The van der Waals surface area contributed by atoms with Crippen molar-refractivity contribution < 1.29 is 19.2 Å². The van der Waals surface area contributed by atoms with Gasteiger partial charge in [0.05, 0.1) is 0 Å². The van der Waals surface area contributed by atoms with Crippen LogP contribution in [0.3, 0.4) is 0 Å². The molecule has 0 radical (unpaired) electrons. The molecule has 22 heavy (non-hydrogen) atoms. The first-order chi connectivity index (χ1) is 10.3. The van der Waals surface area contributed by atoms with Crippen LogP contribution in [0.25, 0.3) is 0 Å². The van der Waals surface area contributed by atoms with E-state index in [4.69, 9.17) is 11.6 Å². The number of unbranched alkanes of at least 4 members (excludes halogenated alkanes) is 3. The zero-order valence-electron chi connectivity index (χ0n) is 13.8. The summed E-state index contributed by atoms with van der Waals surface area (Å²) in [6.45, 7) is 3.68. The largest absolute Gasteiger partial charge is 0.368 e. The summed E-state index contributed by atoms with van der Waals surface area (Å²) in [6.07, 6.45) is 4.06. The normalized spacial score (nSPS) is 12.2. The summed E-state index contributed by atoms with van der Waals surface area (Å²) >= 11 is 0. The Hall–Kier alpha value is -1.47. The van der Waals surface area contributed by atoms with Crippen LogP contribution in [0.5, 0.6) is 0 Å². The number of nitrogens with two attached hydrogens (primary N) is 2. The SMILES string of the molecule is CC(C)[C@@H](C(N)=O)N(C)C(=O)CCCCCCC(=O)CON. The zero-order chi connectivity index (χ0) is 17.1. The molecule has 0 fully saturated rings. The number of likely N-dealkylation sites (N-methyl/N-ethyl adjacent to an activating group) is 1. The molecule has 0 aromatic heterocycles. The van der Waals surface area contributed by atoms with Gasteiger partial charge in [0.1, 0.15) is 12.6 Å². The van der Waals surface area contributed by atoms with Crippen molar-refractivity contribution in [3.05, 3.63) is 0 Å². The van der Waals surface area contributed by atoms with Crippen LogP contribution in [0.1, 0.15) is 52.4 Å². The van der Waals surface area contributed by atoms with Crippen LogP contribution in [0.4, 0.5) is 0 Å². The van der Waals surface area contributed by atoms with E-state index in [0.29, 0.717) is 12.8 Å². The van der Waals surface area contributed by atoms with Gasteiger partial charge >= 0.3 is 0 Å². The van der Waals surface area contributed by atoms with Crippen LogP contribution in [-0.2, 0) is 19.2 Å². The van der Waals surface area contributed by atoms with E-state index in [1.54, 1.807) is 7.05 Å². The van der Waals surface area contributed by atoms with Gasteiger partial charge in [-0.25, -0.2) is 5.90 Å². The fourth-order valence-electron chi connectivity index (χ4n) is 2.42. The fourth-order valence-corrected chi connectivity index (χ4v) is 2.42.